The first kappa shape index (κ1) is 23.1. The normalized spacial score (nSPS) is 11.1. The summed E-state index contributed by atoms with van der Waals surface area (Å²) in [4.78, 5) is 35.2. The van der Waals surface area contributed by atoms with Crippen LogP contribution in [0.25, 0.3) is 11.3 Å². The Kier molecular flexibility index (Phi) is 6.32. The third-order valence-corrected chi connectivity index (χ3v) is 6.53. The van der Waals surface area contributed by atoms with Crippen LogP contribution in [0, 0.1) is 6.92 Å². The van der Waals surface area contributed by atoms with E-state index >= 15 is 0 Å². The van der Waals surface area contributed by atoms with Gasteiger partial charge in [0.25, 0.3) is 11.8 Å². The predicted octanol–water partition coefficient (Wildman–Crippen LogP) is 4.28. The molecule has 0 spiro atoms. The quantitative estimate of drug-likeness (QED) is 0.314. The second-order valence-electron chi connectivity index (χ2n) is 7.35. The molecule has 0 aromatic carbocycles. The molecule has 0 bridgehead atoms. The number of aromatic nitrogens is 6. The summed E-state index contributed by atoms with van der Waals surface area (Å²) in [6.45, 7) is 2.06. The summed E-state index contributed by atoms with van der Waals surface area (Å²) in [7, 11) is 0. The summed E-state index contributed by atoms with van der Waals surface area (Å²) in [5, 5.41) is 17.2. The number of nitrogens with zero attached hydrogens (tertiary/aromatic N) is 6. The molecule has 13 heteroatoms. The first-order valence-corrected chi connectivity index (χ1v) is 12.3. The molecule has 176 valence electrons. The zero-order valence-corrected chi connectivity index (χ0v) is 21.2. The van der Waals surface area contributed by atoms with Crippen LogP contribution in [-0.4, -0.2) is 41.2 Å². The van der Waals surface area contributed by atoms with Gasteiger partial charge < -0.3 is 10.6 Å². The van der Waals surface area contributed by atoms with Gasteiger partial charge in [0.1, 0.15) is 15.3 Å². The van der Waals surface area contributed by atoms with E-state index in [9.17, 15) is 9.59 Å². The molecule has 0 aliphatic heterocycles. The molecule has 0 unspecified atom stereocenters. The van der Waals surface area contributed by atoms with Crippen LogP contribution >= 0.6 is 38.9 Å². The molecule has 0 saturated carbocycles. The first-order chi connectivity index (χ1) is 16.9. The standard InChI is InChI=1S/C22H16BrClN8O2S/c1-12-9-13-4-6-28-31(13)19(22(34)27-11-17-25-7-8-35-17)18(12)29-21(33)15-10-16(23)30-32(15)20-14(24)3-2-5-26-20/h2-10H,11H2,1H3,(H,27,34)(H,29,33). The summed E-state index contributed by atoms with van der Waals surface area (Å²) in [6.07, 6.45) is 4.82. The third kappa shape index (κ3) is 4.55. The molecule has 0 atom stereocenters. The van der Waals surface area contributed by atoms with Crippen LogP contribution in [0.1, 0.15) is 31.5 Å². The van der Waals surface area contributed by atoms with Gasteiger partial charge in [0, 0.05) is 23.8 Å². The number of aryl methyl sites for hydroxylation is 1. The first-order valence-electron chi connectivity index (χ1n) is 10.2. The molecular formula is C22H16BrClN8O2S. The second kappa shape index (κ2) is 9.56. The Balaban J connectivity index is 1.53. The van der Waals surface area contributed by atoms with Crippen molar-refractivity contribution in [1.29, 1.82) is 0 Å². The van der Waals surface area contributed by atoms with E-state index in [1.807, 2.05) is 18.4 Å². The van der Waals surface area contributed by atoms with Crippen LogP contribution in [0.15, 0.2) is 58.9 Å². The Morgan fingerprint density at radius 1 is 1.14 bits per heavy atom. The molecule has 2 amide bonds. The Bertz CT molecular complexity index is 1560. The van der Waals surface area contributed by atoms with Crippen LogP contribution in [0.3, 0.4) is 0 Å². The summed E-state index contributed by atoms with van der Waals surface area (Å²) >= 11 is 11.0. The minimum atomic E-state index is -0.506. The molecule has 10 nitrogen and oxygen atoms in total. The van der Waals surface area contributed by atoms with Gasteiger partial charge in [-0.1, -0.05) is 11.6 Å². The van der Waals surface area contributed by atoms with Gasteiger partial charge in [-0.25, -0.2) is 19.2 Å². The van der Waals surface area contributed by atoms with Crippen LogP contribution in [-0.2, 0) is 6.54 Å². The number of thiazole rings is 1. The molecular weight excluding hydrogens is 556 g/mol. The van der Waals surface area contributed by atoms with Crippen LogP contribution in [0.4, 0.5) is 5.69 Å². The highest BCUT2D eigenvalue weighted by Crippen LogP contribution is 2.26. The fourth-order valence-corrected chi connectivity index (χ4v) is 4.66. The van der Waals surface area contributed by atoms with Gasteiger partial charge >= 0.3 is 0 Å². The van der Waals surface area contributed by atoms with Gasteiger partial charge in [-0.05, 0) is 52.7 Å². The summed E-state index contributed by atoms with van der Waals surface area (Å²) in [5.41, 5.74) is 2.08. The number of pyridine rings is 2. The number of nitrogens with one attached hydrogen (secondary N) is 2. The number of rotatable bonds is 6. The minimum Gasteiger partial charge on any atom is -0.344 e. The molecule has 5 heterocycles. The number of anilines is 1. The topological polar surface area (TPSA) is 119 Å². The monoisotopic (exact) mass is 570 g/mol. The Morgan fingerprint density at radius 3 is 2.77 bits per heavy atom. The number of carbonyl (C=O) groups excluding carboxylic acids is 2. The molecule has 35 heavy (non-hydrogen) atoms. The number of carbonyl (C=O) groups is 2. The van der Waals surface area contributed by atoms with Gasteiger partial charge in [0.15, 0.2) is 11.5 Å². The lowest BCUT2D eigenvalue weighted by Gasteiger charge is -2.16. The smallest absolute Gasteiger partial charge is 0.274 e. The van der Waals surface area contributed by atoms with Gasteiger partial charge in [-0.3, -0.25) is 9.59 Å². The van der Waals surface area contributed by atoms with Gasteiger partial charge in [-0.15, -0.1) is 11.3 Å². The fraction of sp³-hybridized carbons (Fsp3) is 0.0909. The van der Waals surface area contributed by atoms with Gasteiger partial charge in [-0.2, -0.15) is 10.2 Å². The van der Waals surface area contributed by atoms with Crippen molar-refractivity contribution in [2.45, 2.75) is 13.5 Å². The SMILES string of the molecule is Cc1cc2ccnn2c(C(=O)NCc2nccs2)c1NC(=O)c1cc(Br)nn1-c1ncccc1Cl. The lowest BCUT2D eigenvalue weighted by Crippen LogP contribution is -2.28. The summed E-state index contributed by atoms with van der Waals surface area (Å²) < 4.78 is 3.25. The molecule has 5 rings (SSSR count). The van der Waals surface area contributed by atoms with Gasteiger partial charge in [0.2, 0.25) is 0 Å². The van der Waals surface area contributed by atoms with E-state index in [0.29, 0.717) is 32.2 Å². The average molecular weight is 572 g/mol. The number of hydrogen-bond acceptors (Lipinski definition) is 7. The van der Waals surface area contributed by atoms with Crippen molar-refractivity contribution in [3.63, 3.8) is 0 Å². The minimum absolute atomic E-state index is 0.173. The molecule has 0 aliphatic carbocycles. The molecule has 0 saturated heterocycles. The maximum absolute atomic E-state index is 13.4. The predicted molar refractivity (Wildman–Crippen MR) is 135 cm³/mol. The van der Waals surface area contributed by atoms with Crippen molar-refractivity contribution in [2.75, 3.05) is 5.32 Å². The number of halogens is 2. The highest BCUT2D eigenvalue weighted by atomic mass is 79.9. The Labute approximate surface area is 216 Å². The largest absolute Gasteiger partial charge is 0.344 e. The third-order valence-electron chi connectivity index (χ3n) is 5.07. The molecule has 2 N–H and O–H groups in total. The maximum atomic E-state index is 13.4. The van der Waals surface area contributed by atoms with Crippen LogP contribution in [0.5, 0.6) is 0 Å². The fourth-order valence-electron chi connectivity index (χ4n) is 3.53. The number of hydrogen-bond donors (Lipinski definition) is 2. The van der Waals surface area contributed by atoms with E-state index in [0.717, 1.165) is 5.01 Å². The Hall–Kier alpha value is -3.61. The average Bonchev–Trinajstić information content (AvgIpc) is 3.59. The van der Waals surface area contributed by atoms with Crippen molar-refractivity contribution in [3.8, 4) is 5.82 Å². The highest BCUT2D eigenvalue weighted by molar-refractivity contribution is 9.10. The molecule has 0 fully saturated rings. The van der Waals surface area contributed by atoms with E-state index in [1.165, 1.54) is 20.5 Å². The van der Waals surface area contributed by atoms with E-state index in [2.05, 4.69) is 46.7 Å². The van der Waals surface area contributed by atoms with E-state index < -0.39 is 11.8 Å². The number of fused-ring (bicyclic) bond motifs is 1. The zero-order valence-electron chi connectivity index (χ0n) is 18.1. The van der Waals surface area contributed by atoms with Crippen molar-refractivity contribution >= 4 is 61.9 Å². The maximum Gasteiger partial charge on any atom is 0.274 e. The lowest BCUT2D eigenvalue weighted by molar-refractivity contribution is 0.0944. The summed E-state index contributed by atoms with van der Waals surface area (Å²) in [5.74, 6) is -0.616. The van der Waals surface area contributed by atoms with Gasteiger partial charge in [0.05, 0.1) is 29.0 Å². The second-order valence-corrected chi connectivity index (χ2v) is 9.55. The molecule has 0 aliphatic rings. The number of amides is 2. The van der Waals surface area contributed by atoms with Crippen molar-refractivity contribution < 1.29 is 9.59 Å². The van der Waals surface area contributed by atoms with Crippen molar-refractivity contribution in [2.24, 2.45) is 0 Å². The lowest BCUT2D eigenvalue weighted by atomic mass is 10.1. The van der Waals surface area contributed by atoms with Crippen LogP contribution < -0.4 is 10.6 Å². The van der Waals surface area contributed by atoms with Crippen molar-refractivity contribution in [3.05, 3.63) is 85.9 Å². The van der Waals surface area contributed by atoms with E-state index in [1.54, 1.807) is 42.9 Å². The molecule has 5 aromatic rings. The Morgan fingerprint density at radius 2 is 2.00 bits per heavy atom. The highest BCUT2D eigenvalue weighted by Gasteiger charge is 2.24. The zero-order chi connectivity index (χ0) is 24.5. The summed E-state index contributed by atoms with van der Waals surface area (Å²) in [6, 6.07) is 8.50. The van der Waals surface area contributed by atoms with Crippen molar-refractivity contribution in [1.82, 2.24) is 34.7 Å². The molecule has 5 aromatic heterocycles. The molecule has 0 radical (unpaired) electrons. The van der Waals surface area contributed by atoms with E-state index in [4.69, 9.17) is 11.6 Å². The van der Waals surface area contributed by atoms with Crippen LogP contribution in [0.2, 0.25) is 5.02 Å². The van der Waals surface area contributed by atoms with E-state index in [-0.39, 0.29) is 17.9 Å².